The van der Waals surface area contributed by atoms with E-state index in [-0.39, 0.29) is 29.1 Å². The van der Waals surface area contributed by atoms with Crippen molar-refractivity contribution < 1.29 is 18.1 Å². The normalized spacial score (nSPS) is 14.1. The topological polar surface area (TPSA) is 110 Å². The molecule has 0 spiro atoms. The number of nitrogens with one attached hydrogen (secondary N) is 1. The van der Waals surface area contributed by atoms with Crippen LogP contribution in [0, 0.1) is 24.0 Å². The van der Waals surface area contributed by atoms with E-state index >= 15 is 0 Å². The molecule has 0 aromatic heterocycles. The summed E-state index contributed by atoms with van der Waals surface area (Å²) in [6, 6.07) is 9.46. The quantitative estimate of drug-likeness (QED) is 0.550. The number of carbonyl (C=O) groups is 1. The van der Waals surface area contributed by atoms with E-state index in [0.29, 0.717) is 22.3 Å². The third kappa shape index (κ3) is 4.63. The van der Waals surface area contributed by atoms with Crippen molar-refractivity contribution in [2.45, 2.75) is 44.2 Å². The van der Waals surface area contributed by atoms with Gasteiger partial charge in [0.05, 0.1) is 9.82 Å². The smallest absolute Gasteiger partial charge is 0.271 e. The Kier molecular flexibility index (Phi) is 5.72. The number of non-ortho nitro benzene ring substituents is 1. The van der Waals surface area contributed by atoms with Gasteiger partial charge in [-0.3, -0.25) is 14.9 Å². The van der Waals surface area contributed by atoms with Crippen LogP contribution < -0.4 is 5.32 Å². The van der Waals surface area contributed by atoms with Crippen molar-refractivity contribution >= 4 is 21.6 Å². The van der Waals surface area contributed by atoms with Gasteiger partial charge in [0.2, 0.25) is 10.0 Å². The first kappa shape index (κ1) is 20.9. The predicted octanol–water partition coefficient (Wildman–Crippen LogP) is 2.92. The van der Waals surface area contributed by atoms with E-state index in [4.69, 9.17) is 0 Å². The molecular weight excluding hydrogens is 394 g/mol. The highest BCUT2D eigenvalue weighted by atomic mass is 32.2. The van der Waals surface area contributed by atoms with Crippen LogP contribution in [0.1, 0.15) is 39.9 Å². The summed E-state index contributed by atoms with van der Waals surface area (Å²) in [6.07, 6.45) is 2.01. The number of rotatable bonds is 7. The molecule has 29 heavy (non-hydrogen) atoms. The average molecular weight is 417 g/mol. The molecule has 0 heterocycles. The molecule has 1 amide bonds. The molecule has 1 aliphatic carbocycles. The first-order valence-corrected chi connectivity index (χ1v) is 10.7. The maximum absolute atomic E-state index is 13.0. The van der Waals surface area contributed by atoms with Crippen LogP contribution in [0.3, 0.4) is 0 Å². The highest BCUT2D eigenvalue weighted by Crippen LogP contribution is 2.28. The van der Waals surface area contributed by atoms with E-state index in [1.807, 2.05) is 0 Å². The Morgan fingerprint density at radius 1 is 1.21 bits per heavy atom. The van der Waals surface area contributed by atoms with Crippen LogP contribution in [0.5, 0.6) is 0 Å². The third-order valence-corrected chi connectivity index (χ3v) is 6.97. The van der Waals surface area contributed by atoms with Crippen molar-refractivity contribution in [3.05, 3.63) is 68.8 Å². The van der Waals surface area contributed by atoms with E-state index in [1.54, 1.807) is 38.1 Å². The van der Waals surface area contributed by atoms with Gasteiger partial charge in [-0.15, -0.1) is 0 Å². The molecule has 9 heteroatoms. The van der Waals surface area contributed by atoms with Crippen LogP contribution in [0.4, 0.5) is 5.69 Å². The Morgan fingerprint density at radius 2 is 1.83 bits per heavy atom. The summed E-state index contributed by atoms with van der Waals surface area (Å²) in [6.45, 7) is 3.36. The molecule has 154 valence electrons. The van der Waals surface area contributed by atoms with Gasteiger partial charge in [-0.1, -0.05) is 12.1 Å². The summed E-state index contributed by atoms with van der Waals surface area (Å²) in [5.41, 5.74) is 1.99. The Labute approximate surface area is 169 Å². The summed E-state index contributed by atoms with van der Waals surface area (Å²) in [5.74, 6) is -0.136. The summed E-state index contributed by atoms with van der Waals surface area (Å²) in [5, 5.41) is 14.0. The number of benzene rings is 2. The second-order valence-electron chi connectivity index (χ2n) is 7.35. The van der Waals surface area contributed by atoms with Gasteiger partial charge in [0.15, 0.2) is 0 Å². The molecule has 2 aromatic carbocycles. The number of nitro groups is 1. The number of amides is 1. The third-order valence-electron chi connectivity index (χ3n) is 5.04. The lowest BCUT2D eigenvalue weighted by molar-refractivity contribution is -0.385. The maximum atomic E-state index is 13.0. The minimum Gasteiger partial charge on any atom is -0.349 e. The SMILES string of the molecule is Cc1cc([N+](=O)[O-])cc(S(=O)(=O)N(C)Cc2ccc(C(=O)NC3CC3)cc2)c1C. The first-order valence-electron chi connectivity index (χ1n) is 9.21. The molecule has 0 saturated heterocycles. The number of sulfonamides is 1. The fourth-order valence-electron chi connectivity index (χ4n) is 2.95. The second kappa shape index (κ2) is 7.92. The lowest BCUT2D eigenvalue weighted by Crippen LogP contribution is -2.27. The van der Waals surface area contributed by atoms with E-state index in [1.165, 1.54) is 13.1 Å². The highest BCUT2D eigenvalue weighted by Gasteiger charge is 2.27. The zero-order valence-electron chi connectivity index (χ0n) is 16.5. The number of hydrogen-bond donors (Lipinski definition) is 1. The number of aryl methyl sites for hydroxylation is 1. The van der Waals surface area contributed by atoms with Crippen LogP contribution in [0.15, 0.2) is 41.3 Å². The fraction of sp³-hybridized carbons (Fsp3) is 0.350. The van der Waals surface area contributed by atoms with E-state index in [2.05, 4.69) is 5.32 Å². The van der Waals surface area contributed by atoms with Crippen molar-refractivity contribution in [3.63, 3.8) is 0 Å². The summed E-state index contributed by atoms with van der Waals surface area (Å²) in [4.78, 5) is 22.5. The van der Waals surface area contributed by atoms with Gasteiger partial charge in [0.1, 0.15) is 0 Å². The molecule has 0 bridgehead atoms. The molecule has 0 unspecified atom stereocenters. The minimum absolute atomic E-state index is 0.0767. The summed E-state index contributed by atoms with van der Waals surface area (Å²) in [7, 11) is -2.50. The van der Waals surface area contributed by atoms with Gasteiger partial charge in [-0.2, -0.15) is 4.31 Å². The van der Waals surface area contributed by atoms with Crippen LogP contribution in [0.2, 0.25) is 0 Å². The van der Waals surface area contributed by atoms with Crippen LogP contribution in [0.25, 0.3) is 0 Å². The van der Waals surface area contributed by atoms with Gasteiger partial charge in [-0.05, 0) is 55.5 Å². The Hall–Kier alpha value is -2.78. The van der Waals surface area contributed by atoms with Gasteiger partial charge in [0, 0.05) is 37.3 Å². The molecular formula is C20H23N3O5S. The molecule has 3 rings (SSSR count). The fourth-order valence-corrected chi connectivity index (χ4v) is 4.42. The number of nitrogens with zero attached hydrogens (tertiary/aromatic N) is 2. The standard InChI is InChI=1S/C20H23N3O5S/c1-13-10-18(23(25)26)11-19(14(13)2)29(27,28)22(3)12-15-4-6-16(7-5-15)20(24)21-17-8-9-17/h4-7,10-11,17H,8-9,12H2,1-3H3,(H,21,24). The van der Waals surface area contributed by atoms with Crippen molar-refractivity contribution in [1.82, 2.24) is 9.62 Å². The molecule has 2 aromatic rings. The van der Waals surface area contributed by atoms with Crippen LogP contribution in [-0.2, 0) is 16.6 Å². The first-order chi connectivity index (χ1) is 13.6. The zero-order chi connectivity index (χ0) is 21.3. The lowest BCUT2D eigenvalue weighted by Gasteiger charge is -2.19. The van der Waals surface area contributed by atoms with Crippen molar-refractivity contribution in [1.29, 1.82) is 0 Å². The molecule has 8 nitrogen and oxygen atoms in total. The largest absolute Gasteiger partial charge is 0.349 e. The van der Waals surface area contributed by atoms with E-state index in [0.717, 1.165) is 23.2 Å². The number of hydrogen-bond acceptors (Lipinski definition) is 5. The zero-order valence-corrected chi connectivity index (χ0v) is 17.3. The van der Waals surface area contributed by atoms with Crippen molar-refractivity contribution in [3.8, 4) is 0 Å². The molecule has 0 radical (unpaired) electrons. The average Bonchev–Trinajstić information content (AvgIpc) is 3.47. The van der Waals surface area contributed by atoms with Crippen LogP contribution >= 0.6 is 0 Å². The minimum atomic E-state index is -3.93. The Morgan fingerprint density at radius 3 is 2.38 bits per heavy atom. The Bertz CT molecular complexity index is 1060. The van der Waals surface area contributed by atoms with Gasteiger partial charge < -0.3 is 5.32 Å². The summed E-state index contributed by atoms with van der Waals surface area (Å²) >= 11 is 0. The molecule has 1 fully saturated rings. The lowest BCUT2D eigenvalue weighted by atomic mass is 10.1. The van der Waals surface area contributed by atoms with Gasteiger partial charge in [0.25, 0.3) is 11.6 Å². The molecule has 0 atom stereocenters. The van der Waals surface area contributed by atoms with Crippen LogP contribution in [-0.4, -0.2) is 36.6 Å². The molecule has 1 aliphatic rings. The molecule has 1 N–H and O–H groups in total. The van der Waals surface area contributed by atoms with Crippen molar-refractivity contribution in [2.75, 3.05) is 7.05 Å². The number of nitro benzene ring substituents is 1. The maximum Gasteiger partial charge on any atom is 0.271 e. The molecule has 1 saturated carbocycles. The second-order valence-corrected chi connectivity index (χ2v) is 9.36. The monoisotopic (exact) mass is 417 g/mol. The van der Waals surface area contributed by atoms with Crippen molar-refractivity contribution in [2.24, 2.45) is 0 Å². The number of carbonyl (C=O) groups excluding carboxylic acids is 1. The predicted molar refractivity (Wildman–Crippen MR) is 108 cm³/mol. The Balaban J connectivity index is 1.80. The summed E-state index contributed by atoms with van der Waals surface area (Å²) < 4.78 is 27.2. The highest BCUT2D eigenvalue weighted by molar-refractivity contribution is 7.89. The molecule has 0 aliphatic heterocycles. The van der Waals surface area contributed by atoms with E-state index < -0.39 is 14.9 Å². The van der Waals surface area contributed by atoms with E-state index in [9.17, 15) is 23.3 Å². The van der Waals surface area contributed by atoms with Gasteiger partial charge in [-0.25, -0.2) is 8.42 Å². The van der Waals surface area contributed by atoms with Gasteiger partial charge >= 0.3 is 0 Å².